The van der Waals surface area contributed by atoms with Crippen LogP contribution in [0.2, 0.25) is 0 Å². The molecule has 0 bridgehead atoms. The van der Waals surface area contributed by atoms with E-state index in [0.717, 1.165) is 0 Å². The van der Waals surface area contributed by atoms with Crippen molar-refractivity contribution in [2.24, 2.45) is 0 Å². The number of rotatable bonds is 0. The number of aromatic amines is 1. The average molecular weight is 250 g/mol. The Morgan fingerprint density at radius 3 is 2.38 bits per heavy atom. The fourth-order valence-electron chi connectivity index (χ4n) is 1.35. The smallest absolute Gasteiger partial charge is 0.351 e. The van der Waals surface area contributed by atoms with Gasteiger partial charge >= 0.3 is 6.18 Å². The number of nitrogens with one attached hydrogen (secondary N) is 1. The van der Waals surface area contributed by atoms with Gasteiger partial charge in [0.15, 0.2) is 5.43 Å². The first kappa shape index (κ1) is 12.6. The number of fused-ring (bicyclic) bond motifs is 1. The minimum Gasteiger partial charge on any atom is -0.351 e. The standard InChI is InChI=1S/C10H6F3NO.ClH/c11-10(12,13)9-5-8(15)6-3-1-2-4-7(6)14-9;/h1-5H,(H,14,15);1H. The molecule has 2 rings (SSSR count). The monoisotopic (exact) mass is 249 g/mol. The van der Waals surface area contributed by atoms with E-state index in [9.17, 15) is 18.0 Å². The summed E-state index contributed by atoms with van der Waals surface area (Å²) in [6.45, 7) is 0. The minimum atomic E-state index is -4.52. The predicted molar refractivity (Wildman–Crippen MR) is 56.8 cm³/mol. The van der Waals surface area contributed by atoms with Crippen molar-refractivity contribution in [3.63, 3.8) is 0 Å². The summed E-state index contributed by atoms with van der Waals surface area (Å²) >= 11 is 0. The second-order valence-electron chi connectivity index (χ2n) is 3.09. The van der Waals surface area contributed by atoms with Gasteiger partial charge in [0.1, 0.15) is 5.69 Å². The Balaban J connectivity index is 0.00000128. The molecule has 86 valence electrons. The van der Waals surface area contributed by atoms with Crippen LogP contribution in [0.5, 0.6) is 0 Å². The summed E-state index contributed by atoms with van der Waals surface area (Å²) in [5, 5.41) is 0.255. The fourth-order valence-corrected chi connectivity index (χ4v) is 1.35. The van der Waals surface area contributed by atoms with E-state index in [1.807, 2.05) is 0 Å². The van der Waals surface area contributed by atoms with Crippen LogP contribution in [-0.4, -0.2) is 4.98 Å². The number of halogens is 4. The van der Waals surface area contributed by atoms with E-state index in [1.165, 1.54) is 12.1 Å². The molecule has 1 N–H and O–H groups in total. The molecular weight excluding hydrogens is 243 g/mol. The van der Waals surface area contributed by atoms with Gasteiger partial charge in [0.2, 0.25) is 0 Å². The maximum absolute atomic E-state index is 12.3. The lowest BCUT2D eigenvalue weighted by Crippen LogP contribution is -2.13. The van der Waals surface area contributed by atoms with Gasteiger partial charge in [0.25, 0.3) is 0 Å². The van der Waals surface area contributed by atoms with Crippen LogP contribution in [0, 0.1) is 0 Å². The lowest BCUT2D eigenvalue weighted by molar-refractivity contribution is -0.141. The predicted octanol–water partition coefficient (Wildman–Crippen LogP) is 2.97. The highest BCUT2D eigenvalue weighted by Gasteiger charge is 2.32. The summed E-state index contributed by atoms with van der Waals surface area (Å²) in [5.74, 6) is 0. The zero-order chi connectivity index (χ0) is 11.1. The van der Waals surface area contributed by atoms with Gasteiger partial charge in [0, 0.05) is 17.0 Å². The van der Waals surface area contributed by atoms with Crippen LogP contribution in [0.1, 0.15) is 5.69 Å². The molecular formula is C10H7ClF3NO. The summed E-state index contributed by atoms with van der Waals surface area (Å²) < 4.78 is 37.0. The van der Waals surface area contributed by atoms with Crippen LogP contribution in [-0.2, 0) is 6.18 Å². The number of alkyl halides is 3. The molecule has 2 nitrogen and oxygen atoms in total. The lowest BCUT2D eigenvalue weighted by Gasteiger charge is -2.07. The molecule has 0 saturated carbocycles. The second-order valence-corrected chi connectivity index (χ2v) is 3.09. The highest BCUT2D eigenvalue weighted by Crippen LogP contribution is 2.27. The minimum absolute atomic E-state index is 0. The first-order valence-electron chi connectivity index (χ1n) is 4.18. The largest absolute Gasteiger partial charge is 0.431 e. The highest BCUT2D eigenvalue weighted by molar-refractivity contribution is 5.85. The van der Waals surface area contributed by atoms with Gasteiger partial charge in [-0.25, -0.2) is 0 Å². The Labute approximate surface area is 94.5 Å². The SMILES string of the molecule is Cl.O=c1cc(C(F)(F)F)[nH]c2ccccc12. The van der Waals surface area contributed by atoms with Crippen LogP contribution < -0.4 is 5.43 Å². The number of benzene rings is 1. The van der Waals surface area contributed by atoms with E-state index < -0.39 is 17.3 Å². The van der Waals surface area contributed by atoms with Crippen molar-refractivity contribution >= 4 is 23.3 Å². The van der Waals surface area contributed by atoms with Gasteiger partial charge in [-0.2, -0.15) is 13.2 Å². The van der Waals surface area contributed by atoms with Crippen molar-refractivity contribution < 1.29 is 13.2 Å². The molecule has 1 aromatic carbocycles. The maximum Gasteiger partial charge on any atom is 0.431 e. The molecule has 0 aliphatic carbocycles. The third-order valence-corrected chi connectivity index (χ3v) is 2.04. The van der Waals surface area contributed by atoms with Crippen molar-refractivity contribution in [3.8, 4) is 0 Å². The number of hydrogen-bond donors (Lipinski definition) is 1. The van der Waals surface area contributed by atoms with Gasteiger partial charge in [0.05, 0.1) is 0 Å². The zero-order valence-electron chi connectivity index (χ0n) is 7.84. The quantitative estimate of drug-likeness (QED) is 0.765. The van der Waals surface area contributed by atoms with Crippen molar-refractivity contribution in [3.05, 3.63) is 46.2 Å². The number of pyridine rings is 1. The summed E-state index contributed by atoms with van der Waals surface area (Å²) in [4.78, 5) is 13.5. The van der Waals surface area contributed by atoms with Crippen molar-refractivity contribution in [1.29, 1.82) is 0 Å². The summed E-state index contributed by atoms with van der Waals surface area (Å²) in [7, 11) is 0. The van der Waals surface area contributed by atoms with Gasteiger partial charge in [-0.3, -0.25) is 4.79 Å². The van der Waals surface area contributed by atoms with Gasteiger partial charge in [-0.15, -0.1) is 12.4 Å². The molecule has 0 amide bonds. The molecule has 1 aromatic heterocycles. The number of hydrogen-bond acceptors (Lipinski definition) is 1. The van der Waals surface area contributed by atoms with Crippen LogP contribution in [0.3, 0.4) is 0 Å². The third-order valence-electron chi connectivity index (χ3n) is 2.04. The molecule has 0 unspecified atom stereocenters. The molecule has 1 heterocycles. The summed E-state index contributed by atoms with van der Waals surface area (Å²) in [6.07, 6.45) is -4.52. The van der Waals surface area contributed by atoms with E-state index >= 15 is 0 Å². The molecule has 0 aliphatic heterocycles. The van der Waals surface area contributed by atoms with E-state index in [4.69, 9.17) is 0 Å². The van der Waals surface area contributed by atoms with E-state index in [2.05, 4.69) is 4.98 Å². The second kappa shape index (κ2) is 4.17. The average Bonchev–Trinajstić information content (AvgIpc) is 2.16. The Kier molecular flexibility index (Phi) is 3.28. The first-order chi connectivity index (χ1) is 6.98. The van der Waals surface area contributed by atoms with Crippen molar-refractivity contribution in [2.75, 3.05) is 0 Å². The van der Waals surface area contributed by atoms with Gasteiger partial charge in [-0.05, 0) is 12.1 Å². The van der Waals surface area contributed by atoms with Crippen LogP contribution >= 0.6 is 12.4 Å². The normalized spacial score (nSPS) is 11.2. The Hall–Kier alpha value is -1.49. The highest BCUT2D eigenvalue weighted by atomic mass is 35.5. The summed E-state index contributed by atoms with van der Waals surface area (Å²) in [5.41, 5.74) is -1.46. The van der Waals surface area contributed by atoms with E-state index in [-0.39, 0.29) is 23.3 Å². The molecule has 0 radical (unpaired) electrons. The first-order valence-corrected chi connectivity index (χ1v) is 4.18. The van der Waals surface area contributed by atoms with E-state index in [0.29, 0.717) is 6.07 Å². The van der Waals surface area contributed by atoms with Crippen molar-refractivity contribution in [1.82, 2.24) is 4.98 Å². The molecule has 0 aliphatic rings. The van der Waals surface area contributed by atoms with E-state index in [1.54, 1.807) is 12.1 Å². The summed E-state index contributed by atoms with van der Waals surface area (Å²) in [6, 6.07) is 6.66. The lowest BCUT2D eigenvalue weighted by atomic mass is 10.2. The maximum atomic E-state index is 12.3. The molecule has 0 atom stereocenters. The molecule has 0 saturated heterocycles. The van der Waals surface area contributed by atoms with Gasteiger partial charge < -0.3 is 4.98 Å². The number of para-hydroxylation sites is 1. The van der Waals surface area contributed by atoms with Gasteiger partial charge in [-0.1, -0.05) is 12.1 Å². The molecule has 0 fully saturated rings. The third kappa shape index (κ3) is 2.19. The number of aromatic nitrogens is 1. The Morgan fingerprint density at radius 2 is 1.75 bits per heavy atom. The van der Waals surface area contributed by atoms with Crippen molar-refractivity contribution in [2.45, 2.75) is 6.18 Å². The molecule has 0 spiro atoms. The Bertz CT molecular complexity index is 562. The number of H-pyrrole nitrogens is 1. The van der Waals surface area contributed by atoms with Crippen LogP contribution in [0.4, 0.5) is 13.2 Å². The molecule has 16 heavy (non-hydrogen) atoms. The van der Waals surface area contributed by atoms with Crippen LogP contribution in [0.15, 0.2) is 35.1 Å². The molecule has 6 heteroatoms. The Morgan fingerprint density at radius 1 is 1.12 bits per heavy atom. The van der Waals surface area contributed by atoms with Crippen LogP contribution in [0.25, 0.3) is 10.9 Å². The zero-order valence-corrected chi connectivity index (χ0v) is 8.65. The molecule has 2 aromatic rings. The fraction of sp³-hybridized carbons (Fsp3) is 0.100. The topological polar surface area (TPSA) is 32.9 Å².